The molecule has 0 fully saturated rings. The quantitative estimate of drug-likeness (QED) is 0.661. The van der Waals surface area contributed by atoms with Gasteiger partial charge in [-0.3, -0.25) is 4.79 Å². The zero-order chi connectivity index (χ0) is 18.4. The van der Waals surface area contributed by atoms with E-state index in [2.05, 4.69) is 30.1 Å². The maximum absolute atomic E-state index is 13.2. The molecule has 2 aliphatic heterocycles. The van der Waals surface area contributed by atoms with Crippen molar-refractivity contribution in [3.05, 3.63) is 58.6 Å². The van der Waals surface area contributed by atoms with E-state index in [0.717, 1.165) is 52.7 Å². The van der Waals surface area contributed by atoms with Crippen molar-refractivity contribution < 1.29 is 14.3 Å². The van der Waals surface area contributed by atoms with Gasteiger partial charge in [0.1, 0.15) is 10.7 Å². The van der Waals surface area contributed by atoms with Crippen LogP contribution in [0, 0.1) is 6.92 Å². The van der Waals surface area contributed by atoms with Crippen LogP contribution in [0.5, 0.6) is 11.5 Å². The predicted octanol–water partition coefficient (Wildman–Crippen LogP) is 4.44. The fraction of sp³-hybridized carbons (Fsp3) is 0.238. The molecule has 0 atom stereocenters. The summed E-state index contributed by atoms with van der Waals surface area (Å²) in [5.74, 6) is 1.43. The maximum Gasteiger partial charge on any atom is 0.277 e. The number of carbonyl (C=O) groups excluding carboxylic acids is 1. The van der Waals surface area contributed by atoms with Crippen molar-refractivity contribution in [2.24, 2.45) is 0 Å². The average molecular weight is 378 g/mol. The van der Waals surface area contributed by atoms with Gasteiger partial charge in [-0.05, 0) is 49.1 Å². The van der Waals surface area contributed by atoms with Crippen molar-refractivity contribution in [1.29, 1.82) is 0 Å². The van der Waals surface area contributed by atoms with Crippen LogP contribution in [0.3, 0.4) is 0 Å². The predicted molar refractivity (Wildman–Crippen MR) is 105 cm³/mol. The third-order valence-corrected chi connectivity index (χ3v) is 5.90. The summed E-state index contributed by atoms with van der Waals surface area (Å²) in [4.78, 5) is 19.7. The monoisotopic (exact) mass is 378 g/mol. The second kappa shape index (κ2) is 6.39. The van der Waals surface area contributed by atoms with Gasteiger partial charge in [-0.15, -0.1) is 11.3 Å². The lowest BCUT2D eigenvalue weighted by molar-refractivity contribution is 0.0981. The molecular weight excluding hydrogens is 360 g/mol. The summed E-state index contributed by atoms with van der Waals surface area (Å²) in [7, 11) is 0. The Labute approximate surface area is 161 Å². The lowest BCUT2D eigenvalue weighted by Gasteiger charge is -2.30. The van der Waals surface area contributed by atoms with Crippen LogP contribution in [0.25, 0.3) is 10.6 Å². The van der Waals surface area contributed by atoms with E-state index in [1.165, 1.54) is 16.9 Å². The van der Waals surface area contributed by atoms with Crippen LogP contribution in [-0.4, -0.2) is 24.2 Å². The van der Waals surface area contributed by atoms with Crippen molar-refractivity contribution in [3.63, 3.8) is 0 Å². The largest absolute Gasteiger partial charge is 0.454 e. The third-order valence-electron chi connectivity index (χ3n) is 5.01. The van der Waals surface area contributed by atoms with Gasteiger partial charge in [-0.2, -0.15) is 0 Å². The molecule has 27 heavy (non-hydrogen) atoms. The minimum Gasteiger partial charge on any atom is -0.454 e. The Balaban J connectivity index is 1.46. The second-order valence-corrected chi connectivity index (χ2v) is 7.61. The SMILES string of the molecule is Cc1cccc2c1N(C(=O)c1csc(-c3ccc4c(c3)OCO4)n1)CCC2. The summed E-state index contributed by atoms with van der Waals surface area (Å²) < 4.78 is 10.8. The van der Waals surface area contributed by atoms with Crippen LogP contribution >= 0.6 is 11.3 Å². The van der Waals surface area contributed by atoms with Crippen molar-refractivity contribution in [1.82, 2.24) is 4.98 Å². The van der Waals surface area contributed by atoms with Crippen LogP contribution < -0.4 is 14.4 Å². The molecule has 2 aromatic carbocycles. The molecule has 0 saturated carbocycles. The molecule has 136 valence electrons. The van der Waals surface area contributed by atoms with E-state index in [1.54, 1.807) is 0 Å². The van der Waals surface area contributed by atoms with E-state index in [1.807, 2.05) is 28.5 Å². The summed E-state index contributed by atoms with van der Waals surface area (Å²) in [6.45, 7) is 3.03. The Morgan fingerprint density at radius 2 is 2.07 bits per heavy atom. The number of amides is 1. The standard InChI is InChI=1S/C21H18N2O3S/c1-13-4-2-5-14-6-3-9-23(19(13)14)21(24)16-11-27-20(22-16)15-7-8-17-18(10-15)26-12-25-17/h2,4-5,7-8,10-11H,3,6,9,12H2,1H3. The first-order chi connectivity index (χ1) is 13.2. The average Bonchev–Trinajstić information content (AvgIpc) is 3.36. The zero-order valence-corrected chi connectivity index (χ0v) is 15.7. The number of thiazole rings is 1. The van der Waals surface area contributed by atoms with Crippen molar-refractivity contribution in [2.45, 2.75) is 19.8 Å². The molecule has 2 aliphatic rings. The fourth-order valence-electron chi connectivity index (χ4n) is 3.72. The highest BCUT2D eigenvalue weighted by molar-refractivity contribution is 7.13. The number of aromatic nitrogens is 1. The van der Waals surface area contributed by atoms with E-state index >= 15 is 0 Å². The lowest BCUT2D eigenvalue weighted by Crippen LogP contribution is -2.36. The number of anilines is 1. The first kappa shape index (κ1) is 16.3. The molecule has 0 N–H and O–H groups in total. The molecular formula is C21H18N2O3S. The number of ether oxygens (including phenoxy) is 2. The molecule has 1 amide bonds. The molecule has 3 aromatic rings. The number of hydrogen-bond donors (Lipinski definition) is 0. The summed E-state index contributed by atoms with van der Waals surface area (Å²) >= 11 is 1.47. The van der Waals surface area contributed by atoms with Gasteiger partial charge in [0, 0.05) is 17.5 Å². The van der Waals surface area contributed by atoms with Crippen LogP contribution in [-0.2, 0) is 6.42 Å². The van der Waals surface area contributed by atoms with Crippen LogP contribution in [0.1, 0.15) is 28.0 Å². The van der Waals surface area contributed by atoms with E-state index in [4.69, 9.17) is 9.47 Å². The highest BCUT2D eigenvalue weighted by atomic mass is 32.1. The van der Waals surface area contributed by atoms with Gasteiger partial charge in [0.2, 0.25) is 6.79 Å². The van der Waals surface area contributed by atoms with E-state index < -0.39 is 0 Å². The fourth-order valence-corrected chi connectivity index (χ4v) is 4.51. The summed E-state index contributed by atoms with van der Waals surface area (Å²) in [5, 5.41) is 2.65. The van der Waals surface area contributed by atoms with Gasteiger partial charge in [-0.25, -0.2) is 4.98 Å². The minimum atomic E-state index is -0.0338. The Bertz CT molecular complexity index is 1040. The number of rotatable bonds is 2. The van der Waals surface area contributed by atoms with Crippen molar-refractivity contribution in [3.8, 4) is 22.1 Å². The number of fused-ring (bicyclic) bond motifs is 2. The molecule has 0 saturated heterocycles. The van der Waals surface area contributed by atoms with Crippen molar-refractivity contribution in [2.75, 3.05) is 18.2 Å². The van der Waals surface area contributed by atoms with Crippen LogP contribution in [0.2, 0.25) is 0 Å². The van der Waals surface area contributed by atoms with Crippen LogP contribution in [0.4, 0.5) is 5.69 Å². The third kappa shape index (κ3) is 2.77. The van der Waals surface area contributed by atoms with Gasteiger partial charge in [-0.1, -0.05) is 18.2 Å². The first-order valence-corrected chi connectivity index (χ1v) is 9.84. The van der Waals surface area contributed by atoms with Gasteiger partial charge >= 0.3 is 0 Å². The van der Waals surface area contributed by atoms with Gasteiger partial charge in [0.05, 0.1) is 5.69 Å². The summed E-state index contributed by atoms with van der Waals surface area (Å²) in [6.07, 6.45) is 1.99. The van der Waals surface area contributed by atoms with E-state index in [-0.39, 0.29) is 12.7 Å². The number of nitrogens with zero attached hydrogens (tertiary/aromatic N) is 2. The maximum atomic E-state index is 13.2. The van der Waals surface area contributed by atoms with Crippen molar-refractivity contribution >= 4 is 22.9 Å². The highest BCUT2D eigenvalue weighted by Crippen LogP contribution is 2.37. The van der Waals surface area contributed by atoms with Gasteiger partial charge in [0.15, 0.2) is 11.5 Å². The number of para-hydroxylation sites is 1. The number of benzene rings is 2. The second-order valence-electron chi connectivity index (χ2n) is 6.75. The smallest absolute Gasteiger partial charge is 0.277 e. The first-order valence-electron chi connectivity index (χ1n) is 8.96. The van der Waals surface area contributed by atoms with Gasteiger partial charge < -0.3 is 14.4 Å². The number of hydrogen-bond acceptors (Lipinski definition) is 5. The topological polar surface area (TPSA) is 51.7 Å². The Kier molecular flexibility index (Phi) is 3.86. The molecule has 6 heteroatoms. The van der Waals surface area contributed by atoms with Gasteiger partial charge in [0.25, 0.3) is 5.91 Å². The summed E-state index contributed by atoms with van der Waals surface area (Å²) in [6, 6.07) is 12.0. The number of carbonyl (C=O) groups is 1. The minimum absolute atomic E-state index is 0.0338. The molecule has 5 rings (SSSR count). The Morgan fingerprint density at radius 1 is 1.19 bits per heavy atom. The molecule has 0 aliphatic carbocycles. The molecule has 5 nitrogen and oxygen atoms in total. The molecule has 0 unspecified atom stereocenters. The molecule has 3 heterocycles. The van der Waals surface area contributed by atoms with E-state index in [0.29, 0.717) is 5.69 Å². The molecule has 0 spiro atoms. The lowest BCUT2D eigenvalue weighted by atomic mass is 9.98. The zero-order valence-electron chi connectivity index (χ0n) is 14.9. The Morgan fingerprint density at radius 3 is 3.00 bits per heavy atom. The molecule has 0 bridgehead atoms. The van der Waals surface area contributed by atoms with Crippen LogP contribution in [0.15, 0.2) is 41.8 Å². The normalized spacial score (nSPS) is 14.9. The number of aryl methyl sites for hydroxylation is 2. The van der Waals surface area contributed by atoms with E-state index in [9.17, 15) is 4.79 Å². The Hall–Kier alpha value is -2.86. The summed E-state index contributed by atoms with van der Waals surface area (Å²) in [5.41, 5.74) is 4.83. The molecule has 1 aromatic heterocycles. The highest BCUT2D eigenvalue weighted by Gasteiger charge is 2.27. The molecule has 0 radical (unpaired) electrons.